The Morgan fingerprint density at radius 1 is 1.42 bits per heavy atom. The van der Waals surface area contributed by atoms with E-state index in [-0.39, 0.29) is 5.56 Å². The van der Waals surface area contributed by atoms with Crippen LogP contribution in [0.4, 0.5) is 13.2 Å². The number of pyridine rings is 1. The fourth-order valence-corrected chi connectivity index (χ4v) is 1.65. The first-order chi connectivity index (χ1) is 8.80. The van der Waals surface area contributed by atoms with Gasteiger partial charge >= 0.3 is 12.1 Å². The van der Waals surface area contributed by atoms with Gasteiger partial charge in [-0.1, -0.05) is 0 Å². The number of aliphatic carboxylic acids is 1. The maximum absolute atomic E-state index is 12.7. The molecule has 0 aliphatic rings. The maximum Gasteiger partial charge on any atom is 0.419 e. The van der Waals surface area contributed by atoms with Crippen LogP contribution in [-0.4, -0.2) is 20.5 Å². The number of nitrogens with zero attached hydrogens (tertiary/aromatic N) is 2. The molecule has 0 unspecified atom stereocenters. The van der Waals surface area contributed by atoms with E-state index >= 15 is 0 Å². The smallest absolute Gasteiger partial charge is 0.419 e. The average Bonchev–Trinajstić information content (AvgIpc) is 2.30. The largest absolute Gasteiger partial charge is 0.481 e. The third-order valence-electron chi connectivity index (χ3n) is 2.45. The normalized spacial score (nSPS) is 11.7. The standard InChI is InChI=1S/C11H7F3N2O3/c12-11(13,14)7-2-1-3-16-9(7)15-5-6(10(16)19)4-8(17)18/h1-3,5H,4H2,(H,17,18). The Hall–Kier alpha value is -2.38. The molecule has 0 atom stereocenters. The number of carboxylic acid groups (broad SMARTS) is 1. The summed E-state index contributed by atoms with van der Waals surface area (Å²) < 4.78 is 38.8. The number of hydrogen-bond donors (Lipinski definition) is 1. The topological polar surface area (TPSA) is 71.7 Å². The van der Waals surface area contributed by atoms with Gasteiger partial charge in [0, 0.05) is 18.0 Å². The minimum atomic E-state index is -4.64. The van der Waals surface area contributed by atoms with Gasteiger partial charge in [-0.05, 0) is 12.1 Å². The molecule has 2 aromatic rings. The summed E-state index contributed by atoms with van der Waals surface area (Å²) in [5, 5.41) is 8.59. The van der Waals surface area contributed by atoms with Crippen LogP contribution in [0.5, 0.6) is 0 Å². The molecule has 8 heteroatoms. The Morgan fingerprint density at radius 2 is 2.11 bits per heavy atom. The Bertz CT molecular complexity index is 706. The first-order valence-electron chi connectivity index (χ1n) is 5.09. The van der Waals surface area contributed by atoms with Crippen LogP contribution in [0.15, 0.2) is 29.3 Å². The van der Waals surface area contributed by atoms with Crippen molar-refractivity contribution in [2.45, 2.75) is 12.6 Å². The number of fused-ring (bicyclic) bond motifs is 1. The fraction of sp³-hybridized carbons (Fsp3) is 0.182. The van der Waals surface area contributed by atoms with Gasteiger partial charge in [-0.25, -0.2) is 4.98 Å². The molecule has 19 heavy (non-hydrogen) atoms. The fourth-order valence-electron chi connectivity index (χ4n) is 1.65. The summed E-state index contributed by atoms with van der Waals surface area (Å²) in [6.45, 7) is 0. The molecule has 0 amide bonds. The van der Waals surface area contributed by atoms with Crippen LogP contribution in [0.25, 0.3) is 5.65 Å². The van der Waals surface area contributed by atoms with E-state index in [4.69, 9.17) is 5.11 Å². The quantitative estimate of drug-likeness (QED) is 0.895. The predicted octanol–water partition coefficient (Wildman–Crippen LogP) is 1.34. The van der Waals surface area contributed by atoms with Crippen LogP contribution in [0.3, 0.4) is 0 Å². The molecular weight excluding hydrogens is 265 g/mol. The second-order valence-corrected chi connectivity index (χ2v) is 3.77. The Kier molecular flexibility index (Phi) is 3.01. The molecule has 5 nitrogen and oxygen atoms in total. The zero-order valence-corrected chi connectivity index (χ0v) is 9.31. The summed E-state index contributed by atoms with van der Waals surface area (Å²) in [5.74, 6) is -1.26. The second kappa shape index (κ2) is 4.38. The maximum atomic E-state index is 12.7. The van der Waals surface area contributed by atoms with Crippen LogP contribution in [-0.2, 0) is 17.4 Å². The lowest BCUT2D eigenvalue weighted by Gasteiger charge is -2.10. The molecule has 2 aromatic heterocycles. The minimum Gasteiger partial charge on any atom is -0.481 e. The third-order valence-corrected chi connectivity index (χ3v) is 2.45. The van der Waals surface area contributed by atoms with Crippen molar-refractivity contribution < 1.29 is 23.1 Å². The van der Waals surface area contributed by atoms with Crippen LogP contribution < -0.4 is 5.56 Å². The molecule has 0 aliphatic heterocycles. The zero-order valence-electron chi connectivity index (χ0n) is 9.31. The van der Waals surface area contributed by atoms with E-state index in [1.807, 2.05) is 0 Å². The molecule has 0 radical (unpaired) electrons. The highest BCUT2D eigenvalue weighted by atomic mass is 19.4. The van der Waals surface area contributed by atoms with Gasteiger partial charge in [0.1, 0.15) is 0 Å². The first kappa shape index (κ1) is 13.1. The van der Waals surface area contributed by atoms with Crippen molar-refractivity contribution in [3.05, 3.63) is 46.0 Å². The zero-order chi connectivity index (χ0) is 14.2. The van der Waals surface area contributed by atoms with Crippen molar-refractivity contribution >= 4 is 11.6 Å². The van der Waals surface area contributed by atoms with Gasteiger partial charge in [0.05, 0.1) is 12.0 Å². The van der Waals surface area contributed by atoms with Crippen LogP contribution >= 0.6 is 0 Å². The van der Waals surface area contributed by atoms with E-state index in [0.717, 1.165) is 24.5 Å². The molecule has 100 valence electrons. The van der Waals surface area contributed by atoms with E-state index in [1.54, 1.807) is 0 Å². The van der Waals surface area contributed by atoms with Crippen LogP contribution in [0.2, 0.25) is 0 Å². The molecule has 0 aromatic carbocycles. The van der Waals surface area contributed by atoms with Gasteiger partial charge in [-0.3, -0.25) is 14.0 Å². The van der Waals surface area contributed by atoms with Gasteiger partial charge in [0.25, 0.3) is 5.56 Å². The average molecular weight is 272 g/mol. The Labute approximate surface area is 103 Å². The molecule has 2 heterocycles. The molecule has 1 N–H and O–H groups in total. The molecular formula is C11H7F3N2O3. The van der Waals surface area contributed by atoms with Gasteiger partial charge < -0.3 is 5.11 Å². The molecule has 0 saturated carbocycles. The summed E-state index contributed by atoms with van der Waals surface area (Å²) in [5.41, 5.74) is -2.59. The van der Waals surface area contributed by atoms with E-state index in [0.29, 0.717) is 4.40 Å². The first-order valence-corrected chi connectivity index (χ1v) is 5.09. The van der Waals surface area contributed by atoms with Crippen LogP contribution in [0.1, 0.15) is 11.1 Å². The van der Waals surface area contributed by atoms with Crippen molar-refractivity contribution in [1.82, 2.24) is 9.38 Å². The summed E-state index contributed by atoms with van der Waals surface area (Å²) in [7, 11) is 0. The van der Waals surface area contributed by atoms with Crippen molar-refractivity contribution in [1.29, 1.82) is 0 Å². The molecule has 0 saturated heterocycles. The summed E-state index contributed by atoms with van der Waals surface area (Å²) >= 11 is 0. The third kappa shape index (κ3) is 2.42. The molecule has 0 fully saturated rings. The highest BCUT2D eigenvalue weighted by Gasteiger charge is 2.33. The lowest BCUT2D eigenvalue weighted by Crippen LogP contribution is -2.23. The number of carbonyl (C=O) groups is 1. The second-order valence-electron chi connectivity index (χ2n) is 3.77. The van der Waals surface area contributed by atoms with Crippen LogP contribution in [0, 0.1) is 0 Å². The number of aromatic nitrogens is 2. The van der Waals surface area contributed by atoms with E-state index in [2.05, 4.69) is 4.98 Å². The molecule has 0 spiro atoms. The summed E-state index contributed by atoms with van der Waals surface area (Å²) in [4.78, 5) is 25.9. The Morgan fingerprint density at radius 3 is 2.68 bits per heavy atom. The van der Waals surface area contributed by atoms with Gasteiger partial charge in [-0.2, -0.15) is 13.2 Å². The molecule has 2 rings (SSSR count). The van der Waals surface area contributed by atoms with Gasteiger partial charge in [0.2, 0.25) is 0 Å². The van der Waals surface area contributed by atoms with Gasteiger partial charge in [0.15, 0.2) is 5.65 Å². The van der Waals surface area contributed by atoms with E-state index in [9.17, 15) is 22.8 Å². The number of halogens is 3. The highest BCUT2D eigenvalue weighted by molar-refractivity contribution is 5.70. The monoisotopic (exact) mass is 272 g/mol. The summed E-state index contributed by atoms with van der Waals surface area (Å²) in [6, 6.07) is 1.86. The Balaban J connectivity index is 2.73. The molecule has 0 bridgehead atoms. The SMILES string of the molecule is O=C(O)Cc1cnc2c(C(F)(F)F)cccn2c1=O. The lowest BCUT2D eigenvalue weighted by atomic mass is 10.2. The number of alkyl halides is 3. The van der Waals surface area contributed by atoms with E-state index < -0.39 is 35.3 Å². The number of hydrogen-bond acceptors (Lipinski definition) is 3. The van der Waals surface area contributed by atoms with Crippen molar-refractivity contribution in [3.8, 4) is 0 Å². The van der Waals surface area contributed by atoms with Gasteiger partial charge in [-0.15, -0.1) is 0 Å². The van der Waals surface area contributed by atoms with Crippen molar-refractivity contribution in [2.24, 2.45) is 0 Å². The number of rotatable bonds is 2. The van der Waals surface area contributed by atoms with E-state index in [1.165, 1.54) is 0 Å². The predicted molar refractivity (Wildman–Crippen MR) is 57.8 cm³/mol. The summed E-state index contributed by atoms with van der Waals surface area (Å²) in [6.07, 6.45) is -3.25. The van der Waals surface area contributed by atoms with Crippen molar-refractivity contribution in [3.63, 3.8) is 0 Å². The minimum absolute atomic E-state index is 0.177. The highest BCUT2D eigenvalue weighted by Crippen LogP contribution is 2.31. The molecule has 0 aliphatic carbocycles. The lowest BCUT2D eigenvalue weighted by molar-refractivity contribution is -0.137. The van der Waals surface area contributed by atoms with Crippen molar-refractivity contribution in [2.75, 3.05) is 0 Å². The number of carboxylic acids is 1.